The van der Waals surface area contributed by atoms with E-state index in [9.17, 15) is 0 Å². The van der Waals surface area contributed by atoms with Gasteiger partial charge in [-0.25, -0.2) is 0 Å². The molecule has 1 aromatic rings. The minimum Gasteiger partial charge on any atom is -0.351 e. The Balaban J connectivity index is 2.16. The van der Waals surface area contributed by atoms with Gasteiger partial charge in [-0.3, -0.25) is 0 Å². The summed E-state index contributed by atoms with van der Waals surface area (Å²) < 4.78 is 0. The summed E-state index contributed by atoms with van der Waals surface area (Å²) in [4.78, 5) is 2.24. The van der Waals surface area contributed by atoms with Gasteiger partial charge in [0.1, 0.15) is 0 Å². The van der Waals surface area contributed by atoms with E-state index in [-0.39, 0.29) is 0 Å². The molecule has 0 bridgehead atoms. The van der Waals surface area contributed by atoms with Crippen molar-refractivity contribution >= 4 is 5.82 Å². The van der Waals surface area contributed by atoms with Crippen LogP contribution in [0.2, 0.25) is 0 Å². The monoisotopic (exact) mass is 178 g/mol. The molecule has 0 spiro atoms. The van der Waals surface area contributed by atoms with Crippen molar-refractivity contribution in [2.45, 2.75) is 18.9 Å². The van der Waals surface area contributed by atoms with Gasteiger partial charge in [0, 0.05) is 25.3 Å². The highest BCUT2D eigenvalue weighted by molar-refractivity contribution is 5.39. The molecule has 2 heterocycles. The lowest BCUT2D eigenvalue weighted by Gasteiger charge is -2.23. The molecule has 0 aromatic carbocycles. The van der Waals surface area contributed by atoms with Gasteiger partial charge in [0.25, 0.3) is 0 Å². The van der Waals surface area contributed by atoms with E-state index in [1.165, 1.54) is 12.8 Å². The molecule has 1 aliphatic rings. The van der Waals surface area contributed by atoms with Crippen LogP contribution in [-0.4, -0.2) is 29.3 Å². The maximum absolute atomic E-state index is 5.67. The van der Waals surface area contributed by atoms with Crippen LogP contribution in [-0.2, 0) is 0 Å². The van der Waals surface area contributed by atoms with Crippen molar-refractivity contribution in [1.29, 1.82) is 0 Å². The van der Waals surface area contributed by atoms with Crippen molar-refractivity contribution in [3.05, 3.63) is 18.3 Å². The van der Waals surface area contributed by atoms with Crippen LogP contribution in [0.25, 0.3) is 0 Å². The van der Waals surface area contributed by atoms with Gasteiger partial charge in [-0.2, -0.15) is 5.10 Å². The van der Waals surface area contributed by atoms with Crippen molar-refractivity contribution in [2.75, 3.05) is 18.0 Å². The molecule has 70 valence electrons. The van der Waals surface area contributed by atoms with Crippen LogP contribution in [0.4, 0.5) is 5.82 Å². The summed E-state index contributed by atoms with van der Waals surface area (Å²) in [6, 6.07) is 4.35. The molecule has 0 radical (unpaired) electrons. The zero-order chi connectivity index (χ0) is 9.10. The normalized spacial score (nSPS) is 22.2. The third kappa shape index (κ3) is 1.62. The Morgan fingerprint density at radius 2 is 2.54 bits per heavy atom. The molecule has 4 nitrogen and oxygen atoms in total. The Labute approximate surface area is 77.8 Å². The van der Waals surface area contributed by atoms with Crippen LogP contribution in [0.1, 0.15) is 12.8 Å². The molecule has 0 aliphatic carbocycles. The number of nitrogens with two attached hydrogens (primary N) is 1. The Bertz CT molecular complexity index is 262. The van der Waals surface area contributed by atoms with Crippen LogP contribution in [0.5, 0.6) is 0 Å². The topological polar surface area (TPSA) is 55.0 Å². The molecule has 1 aromatic heterocycles. The second-order valence-electron chi connectivity index (χ2n) is 3.31. The van der Waals surface area contributed by atoms with Crippen molar-refractivity contribution in [2.24, 2.45) is 5.73 Å². The molecule has 0 amide bonds. The summed E-state index contributed by atoms with van der Waals surface area (Å²) in [5, 5.41) is 7.94. The third-order valence-corrected chi connectivity index (χ3v) is 2.50. The maximum atomic E-state index is 5.67. The first-order chi connectivity index (χ1) is 6.42. The van der Waals surface area contributed by atoms with E-state index in [2.05, 4.69) is 15.1 Å². The van der Waals surface area contributed by atoms with Crippen molar-refractivity contribution in [1.82, 2.24) is 10.2 Å². The molecular weight excluding hydrogens is 164 g/mol. The Morgan fingerprint density at radius 1 is 1.62 bits per heavy atom. The van der Waals surface area contributed by atoms with Crippen LogP contribution in [0.15, 0.2) is 18.3 Å². The average Bonchev–Trinajstić information content (AvgIpc) is 2.67. The fraction of sp³-hybridized carbons (Fsp3) is 0.556. The zero-order valence-electron chi connectivity index (χ0n) is 7.56. The summed E-state index contributed by atoms with van der Waals surface area (Å²) in [5.74, 6) is 0.954. The van der Waals surface area contributed by atoms with E-state index >= 15 is 0 Å². The Morgan fingerprint density at radius 3 is 3.23 bits per heavy atom. The predicted molar refractivity (Wildman–Crippen MR) is 51.5 cm³/mol. The summed E-state index contributed by atoms with van der Waals surface area (Å²) in [5.41, 5.74) is 5.67. The second kappa shape index (κ2) is 3.70. The van der Waals surface area contributed by atoms with Gasteiger partial charge in [-0.15, -0.1) is 5.10 Å². The molecule has 1 unspecified atom stereocenters. The number of anilines is 1. The molecule has 0 saturated carbocycles. The average molecular weight is 178 g/mol. The predicted octanol–water partition coefficient (Wildman–Crippen LogP) is 0.404. The van der Waals surface area contributed by atoms with Crippen LogP contribution >= 0.6 is 0 Å². The summed E-state index contributed by atoms with van der Waals surface area (Å²) in [7, 11) is 0. The molecule has 1 fully saturated rings. The Hall–Kier alpha value is -1.16. The molecule has 1 aliphatic heterocycles. The van der Waals surface area contributed by atoms with Gasteiger partial charge in [-0.05, 0) is 25.0 Å². The van der Waals surface area contributed by atoms with Gasteiger partial charge in [-0.1, -0.05) is 0 Å². The van der Waals surface area contributed by atoms with E-state index < -0.39 is 0 Å². The van der Waals surface area contributed by atoms with E-state index in [0.717, 1.165) is 12.4 Å². The van der Waals surface area contributed by atoms with E-state index in [1.807, 2.05) is 12.1 Å². The van der Waals surface area contributed by atoms with E-state index in [0.29, 0.717) is 12.6 Å². The largest absolute Gasteiger partial charge is 0.351 e. The lowest BCUT2D eigenvalue weighted by molar-refractivity contribution is 0.667. The van der Waals surface area contributed by atoms with Crippen molar-refractivity contribution in [3.63, 3.8) is 0 Å². The van der Waals surface area contributed by atoms with Gasteiger partial charge < -0.3 is 10.6 Å². The fourth-order valence-corrected chi connectivity index (χ4v) is 1.83. The van der Waals surface area contributed by atoms with Gasteiger partial charge in [0.05, 0.1) is 0 Å². The van der Waals surface area contributed by atoms with Crippen LogP contribution < -0.4 is 10.6 Å². The molecule has 2 rings (SSSR count). The summed E-state index contributed by atoms with van der Waals surface area (Å²) in [6.07, 6.45) is 4.07. The number of nitrogens with zero attached hydrogens (tertiary/aromatic N) is 3. The maximum Gasteiger partial charge on any atom is 0.151 e. The Kier molecular flexibility index (Phi) is 2.40. The highest BCUT2D eigenvalue weighted by Gasteiger charge is 2.23. The van der Waals surface area contributed by atoms with Gasteiger partial charge >= 0.3 is 0 Å². The van der Waals surface area contributed by atoms with E-state index in [4.69, 9.17) is 5.73 Å². The zero-order valence-corrected chi connectivity index (χ0v) is 7.56. The highest BCUT2D eigenvalue weighted by Crippen LogP contribution is 2.21. The minimum absolute atomic E-state index is 0.455. The van der Waals surface area contributed by atoms with Gasteiger partial charge in [0.2, 0.25) is 0 Å². The number of aromatic nitrogens is 2. The minimum atomic E-state index is 0.455. The van der Waals surface area contributed by atoms with Gasteiger partial charge in [0.15, 0.2) is 5.82 Å². The van der Waals surface area contributed by atoms with Crippen molar-refractivity contribution < 1.29 is 0 Å². The molecule has 2 N–H and O–H groups in total. The first-order valence-corrected chi connectivity index (χ1v) is 4.66. The molecule has 1 saturated heterocycles. The molecule has 13 heavy (non-hydrogen) atoms. The first kappa shape index (κ1) is 8.44. The SMILES string of the molecule is NCC1CCCN1c1cccnn1. The number of hydrogen-bond donors (Lipinski definition) is 1. The molecule has 4 heteroatoms. The number of hydrogen-bond acceptors (Lipinski definition) is 4. The third-order valence-electron chi connectivity index (χ3n) is 2.50. The smallest absolute Gasteiger partial charge is 0.151 e. The lowest BCUT2D eigenvalue weighted by atomic mass is 10.2. The van der Waals surface area contributed by atoms with Crippen LogP contribution in [0.3, 0.4) is 0 Å². The number of rotatable bonds is 2. The molecular formula is C9H14N4. The first-order valence-electron chi connectivity index (χ1n) is 4.66. The highest BCUT2D eigenvalue weighted by atomic mass is 15.3. The lowest BCUT2D eigenvalue weighted by Crippen LogP contribution is -2.35. The van der Waals surface area contributed by atoms with Crippen molar-refractivity contribution in [3.8, 4) is 0 Å². The summed E-state index contributed by atoms with van der Waals surface area (Å²) in [6.45, 7) is 1.76. The fourth-order valence-electron chi connectivity index (χ4n) is 1.83. The van der Waals surface area contributed by atoms with E-state index in [1.54, 1.807) is 6.20 Å². The van der Waals surface area contributed by atoms with Crippen LogP contribution in [0, 0.1) is 0 Å². The second-order valence-corrected chi connectivity index (χ2v) is 3.31. The quantitative estimate of drug-likeness (QED) is 0.712. The summed E-state index contributed by atoms with van der Waals surface area (Å²) >= 11 is 0. The standard InChI is InChI=1S/C9H14N4/c10-7-8-3-2-6-13(8)9-4-1-5-11-12-9/h1,4-5,8H,2-3,6-7,10H2. The molecule has 1 atom stereocenters.